The van der Waals surface area contributed by atoms with Gasteiger partial charge in [0, 0.05) is 81.6 Å². The molecule has 5 aromatic heterocycles. The van der Waals surface area contributed by atoms with Crippen molar-refractivity contribution in [2.24, 2.45) is 35.2 Å². The van der Waals surface area contributed by atoms with Crippen LogP contribution in [0.3, 0.4) is 0 Å². The van der Waals surface area contributed by atoms with Crippen molar-refractivity contribution in [1.29, 1.82) is 0 Å². The topological polar surface area (TPSA) is 19.4 Å². The largest absolute Gasteiger partial charge is 0.220 e. The Balaban J connectivity index is 0.000000114. The van der Waals surface area contributed by atoms with Crippen LogP contribution >= 0.6 is 0 Å². The minimum atomic E-state index is -0.183. The van der Waals surface area contributed by atoms with Gasteiger partial charge in [0.1, 0.15) is 41.1 Å². The van der Waals surface area contributed by atoms with Crippen LogP contribution in [-0.4, -0.2) is 0 Å². The third kappa shape index (κ3) is 16.8. The number of fused-ring (bicyclic) bond motifs is 7. The summed E-state index contributed by atoms with van der Waals surface area (Å²) < 4.78 is 26.2. The van der Waals surface area contributed by atoms with Crippen LogP contribution in [0.25, 0.3) is 154 Å². The first kappa shape index (κ1) is 83.0. The number of hydrogen-bond donors (Lipinski definition) is 0. The van der Waals surface area contributed by atoms with E-state index in [1.807, 2.05) is 43.3 Å². The molecule has 5 heterocycles. The number of halogens is 1. The fourth-order valence-electron chi connectivity index (χ4n) is 18.7. The van der Waals surface area contributed by atoms with Gasteiger partial charge in [-0.1, -0.05) is 231 Å². The third-order valence-electron chi connectivity index (χ3n) is 25.8. The molecule has 1 aliphatic carbocycles. The molecule has 6 heteroatoms. The van der Waals surface area contributed by atoms with E-state index >= 15 is 0 Å². The molecule has 0 bridgehead atoms. The summed E-state index contributed by atoms with van der Waals surface area (Å²) in [5.74, 6) is -0.183. The smallest absolute Gasteiger partial charge is 0.206 e. The van der Waals surface area contributed by atoms with E-state index in [9.17, 15) is 4.39 Å². The minimum Gasteiger partial charge on any atom is -0.206 e. The van der Waals surface area contributed by atoms with Gasteiger partial charge in [0.05, 0.1) is 43.6 Å². The van der Waals surface area contributed by atoms with E-state index in [4.69, 9.17) is 0 Å². The van der Waals surface area contributed by atoms with Crippen molar-refractivity contribution in [1.82, 2.24) is 0 Å². The molecule has 0 N–H and O–H groups in total. The maximum atomic E-state index is 14.7. The van der Waals surface area contributed by atoms with E-state index in [1.54, 1.807) is 17.2 Å². The first-order valence-electron chi connectivity index (χ1n) is 43.2. The van der Waals surface area contributed by atoms with Crippen molar-refractivity contribution in [3.05, 3.63) is 412 Å². The van der Waals surface area contributed by atoms with E-state index < -0.39 is 0 Å². The minimum absolute atomic E-state index is 0.183. The highest BCUT2D eigenvalue weighted by molar-refractivity contribution is 6.00. The van der Waals surface area contributed by atoms with Gasteiger partial charge in [0.2, 0.25) is 28.5 Å². The monoisotopic (exact) mass is 1600 g/mol. The van der Waals surface area contributed by atoms with E-state index in [0.29, 0.717) is 5.56 Å². The lowest BCUT2D eigenvalue weighted by Gasteiger charge is -2.14. The second kappa shape index (κ2) is 35.6. The van der Waals surface area contributed by atoms with Gasteiger partial charge >= 0.3 is 0 Å². The summed E-state index contributed by atoms with van der Waals surface area (Å²) in [6.45, 7) is 26.1. The second-order valence-corrected chi connectivity index (χ2v) is 33.9. The van der Waals surface area contributed by atoms with Crippen molar-refractivity contribution >= 4 is 64.6 Å². The molecule has 5 nitrogen and oxygen atoms in total. The molecule has 0 saturated carbocycles. The number of aromatic nitrogens is 5. The Bertz CT molecular complexity index is 7280. The Labute approximate surface area is 726 Å². The lowest BCUT2D eigenvalue weighted by atomic mass is 9.91. The summed E-state index contributed by atoms with van der Waals surface area (Å²) in [4.78, 5) is 0. The second-order valence-electron chi connectivity index (χ2n) is 33.9. The van der Waals surface area contributed by atoms with Gasteiger partial charge in [-0.25, -0.2) is 4.39 Å². The van der Waals surface area contributed by atoms with Crippen molar-refractivity contribution < 1.29 is 27.2 Å². The van der Waals surface area contributed by atoms with Gasteiger partial charge < -0.3 is 0 Å². The summed E-state index contributed by atoms with van der Waals surface area (Å²) in [5, 5.41) is 15.4. The Morgan fingerprint density at radius 1 is 0.203 bits per heavy atom. The molecule has 0 atom stereocenters. The Hall–Kier alpha value is -13.7. The first-order valence-corrected chi connectivity index (χ1v) is 43.2. The quantitative estimate of drug-likeness (QED) is 0.135. The summed E-state index contributed by atoms with van der Waals surface area (Å²) in [5.41, 5.74) is 37.7. The van der Waals surface area contributed by atoms with E-state index in [-0.39, 0.29) is 5.82 Å². The van der Waals surface area contributed by atoms with Crippen LogP contribution in [0.2, 0.25) is 0 Å². The fraction of sp³-hybridized carbons (Fsp3) is 0.171. The Kier molecular flexibility index (Phi) is 24.0. The number of nitrogens with zero attached hydrogens (tertiary/aromatic N) is 5. The highest BCUT2D eigenvalue weighted by Crippen LogP contribution is 2.40. The van der Waals surface area contributed by atoms with Gasteiger partial charge in [0.25, 0.3) is 0 Å². The van der Waals surface area contributed by atoms with Crippen molar-refractivity contribution in [3.63, 3.8) is 0 Å². The maximum Gasteiger partial charge on any atom is 0.220 e. The molecule has 0 spiro atoms. The van der Waals surface area contributed by atoms with Gasteiger partial charge in [-0.15, -0.1) is 0 Å². The molecular formula is C117H111FN5+5. The molecule has 0 unspecified atom stereocenters. The van der Waals surface area contributed by atoms with Crippen LogP contribution < -0.4 is 22.8 Å². The zero-order valence-corrected chi connectivity index (χ0v) is 74.4. The van der Waals surface area contributed by atoms with Crippen LogP contribution in [0.4, 0.5) is 4.39 Å². The molecular weight excluding hydrogens is 1490 g/mol. The molecule has 20 rings (SSSR count). The molecule has 0 radical (unpaired) electrons. The summed E-state index contributed by atoms with van der Waals surface area (Å²) in [6.07, 6.45) is 3.78. The van der Waals surface area contributed by atoms with Gasteiger partial charge in [-0.3, -0.25) is 0 Å². The van der Waals surface area contributed by atoms with Crippen LogP contribution in [0.5, 0.6) is 0 Å². The standard InChI is InChI=1S/C26H26N.C24H21FN.C24H22N.C22H20N.C21H22N/c1-17-9-8-10-18(2)25(17)22-13-14-23(19(3)15-22)26-24-12-7-6-11-21(24)16-20(4)27(26)5;1-16-13-23(25)22(18-9-5-4-6-10-18)15-21(16)24-20-12-8-7-11-19(20)14-17(2)26(24)3;1-17-15-20(19-9-5-4-6-10-19)13-14-22(17)24-23-12-8-7-11-21(23)16-18(2)25(24)3;1-15-12-17-8-4-5-9-18(17)14-21(15)22-20-11-7-6-10-19(20)13-16(2)23(22)3;1-14-11-16-8-6-9-17(16)13-20(14)21-19-10-5-4-7-18(19)12-15(2)22(21)3/h6-16H,1-5H3;4-15H,1-3H3;4-16H,1-3H3;4-14H,1-3H3;4-5,7,10-13H,6,8-9H2,1-3H3/q5*+1. The zero-order valence-electron chi connectivity index (χ0n) is 74.4. The van der Waals surface area contributed by atoms with Crippen LogP contribution in [-0.2, 0) is 48.1 Å². The Morgan fingerprint density at radius 3 is 0.911 bits per heavy atom. The summed E-state index contributed by atoms with van der Waals surface area (Å²) in [6, 6.07) is 116. The van der Waals surface area contributed by atoms with Crippen LogP contribution in [0, 0.1) is 88.9 Å². The predicted octanol–water partition coefficient (Wildman–Crippen LogP) is 27.1. The molecule has 19 aromatic rings. The number of benzene rings is 14. The molecule has 0 amide bonds. The third-order valence-corrected chi connectivity index (χ3v) is 25.8. The van der Waals surface area contributed by atoms with Crippen molar-refractivity contribution in [2.45, 2.75) is 102 Å². The average molecular weight is 1610 g/mol. The number of pyridine rings is 5. The molecule has 123 heavy (non-hydrogen) atoms. The maximum absolute atomic E-state index is 14.7. The molecule has 0 saturated heterocycles. The number of rotatable bonds is 8. The number of aryl methyl sites for hydroxylation is 14. The SMILES string of the molecule is Cc1cc(-c2c(C)cccc2C)ccc1-c1c2ccccc2cc(C)[n+]1C.Cc1cc(-c2ccccc2)ccc1-c1c2ccccc2cc(C)[n+]1C.Cc1cc(F)c(-c2ccccc2)cc1-c1c2ccccc2cc(C)[n+]1C.Cc1cc2c(cc1-c1c3ccccc3cc(C)[n+]1C)CCC2.Cc1cc2ccccc2cc1-c1c2ccccc2cc(C)[n+]1C. The lowest BCUT2D eigenvalue weighted by molar-refractivity contribution is -0.665. The predicted molar refractivity (Wildman–Crippen MR) is 515 cm³/mol. The van der Waals surface area contributed by atoms with Crippen LogP contribution in [0.15, 0.2) is 328 Å². The normalized spacial score (nSPS) is 11.6. The molecule has 0 fully saturated rings. The zero-order chi connectivity index (χ0) is 86.0. The lowest BCUT2D eigenvalue weighted by Crippen LogP contribution is -2.35. The van der Waals surface area contributed by atoms with E-state index in [2.05, 4.69) is 419 Å². The molecule has 0 aliphatic heterocycles. The number of hydrogen-bond acceptors (Lipinski definition) is 0. The summed E-state index contributed by atoms with van der Waals surface area (Å²) >= 11 is 0. The molecule has 606 valence electrons. The fourth-order valence-corrected chi connectivity index (χ4v) is 18.7. The van der Waals surface area contributed by atoms with E-state index in [0.717, 1.165) is 22.4 Å². The molecule has 1 aliphatic rings. The van der Waals surface area contributed by atoms with Crippen molar-refractivity contribution in [3.8, 4) is 89.7 Å². The highest BCUT2D eigenvalue weighted by atomic mass is 19.1. The van der Waals surface area contributed by atoms with E-state index in [1.165, 1.54) is 213 Å². The van der Waals surface area contributed by atoms with Crippen molar-refractivity contribution in [2.75, 3.05) is 0 Å². The summed E-state index contributed by atoms with van der Waals surface area (Å²) in [7, 11) is 10.7. The highest BCUT2D eigenvalue weighted by Gasteiger charge is 2.28. The Morgan fingerprint density at radius 2 is 0.504 bits per heavy atom. The van der Waals surface area contributed by atoms with Gasteiger partial charge in [-0.2, -0.15) is 22.8 Å². The van der Waals surface area contributed by atoms with Gasteiger partial charge in [0.15, 0.2) is 28.5 Å². The average Bonchev–Trinajstić information content (AvgIpc) is 1.51. The molecule has 14 aromatic carbocycles. The van der Waals surface area contributed by atoms with Gasteiger partial charge in [-0.05, 0) is 250 Å². The van der Waals surface area contributed by atoms with Crippen LogP contribution in [0.1, 0.15) is 85.0 Å². The first-order chi connectivity index (χ1) is 59.5.